The Morgan fingerprint density at radius 2 is 1.36 bits per heavy atom. The van der Waals surface area contributed by atoms with Crippen molar-refractivity contribution < 1.29 is 0 Å². The van der Waals surface area contributed by atoms with Crippen LogP contribution in [0.4, 0.5) is 0 Å². The second-order valence-corrected chi connectivity index (χ2v) is 8.89. The summed E-state index contributed by atoms with van der Waals surface area (Å²) in [4.78, 5) is 9.69. The van der Waals surface area contributed by atoms with Gasteiger partial charge in [0.2, 0.25) is 0 Å². The van der Waals surface area contributed by atoms with Crippen LogP contribution in [-0.4, -0.2) is 9.97 Å². The highest BCUT2D eigenvalue weighted by molar-refractivity contribution is 7.20. The maximum absolute atomic E-state index is 4.85. The zero-order chi connectivity index (χ0) is 19.5. The Balaban J connectivity index is 1.54. The van der Waals surface area contributed by atoms with Gasteiger partial charge in [-0.2, -0.15) is 0 Å². The van der Waals surface area contributed by atoms with E-state index >= 15 is 0 Å². The van der Waals surface area contributed by atoms with Gasteiger partial charge in [0.15, 0.2) is 10.0 Å². The lowest BCUT2D eigenvalue weighted by atomic mass is 10.1. The number of aryl methyl sites for hydroxylation is 3. The monoisotopic (exact) mass is 404 g/mol. The highest BCUT2D eigenvalue weighted by Crippen LogP contribution is 2.33. The predicted molar refractivity (Wildman–Crippen MR) is 122 cm³/mol. The largest absolute Gasteiger partial charge is 0.233 e. The fourth-order valence-electron chi connectivity index (χ4n) is 3.13. The SMILES string of the molecule is CCCCc1ccc(-c2csc(-c3nc(-c4ccc(C)c(C)c4)cs3)n2)cc1. The van der Waals surface area contributed by atoms with E-state index < -0.39 is 0 Å². The Bertz CT molecular complexity index is 1070. The van der Waals surface area contributed by atoms with Gasteiger partial charge >= 0.3 is 0 Å². The third-order valence-corrected chi connectivity index (χ3v) is 6.89. The molecule has 2 aromatic carbocycles. The molecule has 0 saturated heterocycles. The second kappa shape index (κ2) is 8.38. The van der Waals surface area contributed by atoms with Gasteiger partial charge in [0, 0.05) is 21.9 Å². The molecule has 0 aliphatic rings. The molecule has 0 unspecified atom stereocenters. The summed E-state index contributed by atoms with van der Waals surface area (Å²) in [5.74, 6) is 0. The van der Waals surface area contributed by atoms with E-state index in [1.807, 2.05) is 0 Å². The lowest BCUT2D eigenvalue weighted by molar-refractivity contribution is 0.795. The summed E-state index contributed by atoms with van der Waals surface area (Å²) in [5, 5.41) is 6.24. The maximum atomic E-state index is 4.85. The van der Waals surface area contributed by atoms with Crippen molar-refractivity contribution >= 4 is 22.7 Å². The fourth-order valence-corrected chi connectivity index (χ4v) is 4.84. The molecule has 0 fully saturated rings. The normalized spacial score (nSPS) is 11.1. The fraction of sp³-hybridized carbons (Fsp3) is 0.250. The molecule has 0 radical (unpaired) electrons. The van der Waals surface area contributed by atoms with Crippen LogP contribution < -0.4 is 0 Å². The molecule has 0 saturated carbocycles. The standard InChI is InChI=1S/C24H24N2S2/c1-4-5-6-18-8-11-19(12-9-18)21-14-27-23(25-21)24-26-22(15-28-24)20-10-7-16(2)17(3)13-20/h7-15H,4-6H2,1-3H3. The Labute approximate surface area is 175 Å². The molecule has 0 atom stereocenters. The smallest absolute Gasteiger partial charge is 0.152 e. The lowest BCUT2D eigenvalue weighted by Crippen LogP contribution is -1.85. The van der Waals surface area contributed by atoms with E-state index in [1.54, 1.807) is 22.7 Å². The minimum Gasteiger partial charge on any atom is -0.233 e. The molecule has 0 bridgehead atoms. The summed E-state index contributed by atoms with van der Waals surface area (Å²) < 4.78 is 0. The third-order valence-electron chi connectivity index (χ3n) is 5.06. The molecule has 0 spiro atoms. The number of benzene rings is 2. The van der Waals surface area contributed by atoms with Gasteiger partial charge in [0.1, 0.15) is 0 Å². The van der Waals surface area contributed by atoms with Gasteiger partial charge in [-0.3, -0.25) is 0 Å². The van der Waals surface area contributed by atoms with E-state index in [0.717, 1.165) is 27.8 Å². The van der Waals surface area contributed by atoms with E-state index in [-0.39, 0.29) is 0 Å². The quantitative estimate of drug-likeness (QED) is 0.331. The van der Waals surface area contributed by atoms with Crippen LogP contribution in [0, 0.1) is 13.8 Å². The molecule has 0 N–H and O–H groups in total. The highest BCUT2D eigenvalue weighted by atomic mass is 32.1. The first-order chi connectivity index (χ1) is 13.6. The number of nitrogens with zero attached hydrogens (tertiary/aromatic N) is 2. The zero-order valence-corrected chi connectivity index (χ0v) is 18.2. The molecule has 4 heteroatoms. The zero-order valence-electron chi connectivity index (χ0n) is 16.5. The van der Waals surface area contributed by atoms with Crippen molar-refractivity contribution in [1.82, 2.24) is 9.97 Å². The lowest BCUT2D eigenvalue weighted by Gasteiger charge is -2.02. The van der Waals surface area contributed by atoms with E-state index in [9.17, 15) is 0 Å². The van der Waals surface area contributed by atoms with Crippen molar-refractivity contribution in [2.45, 2.75) is 40.0 Å². The first kappa shape index (κ1) is 19.0. The van der Waals surface area contributed by atoms with Crippen molar-refractivity contribution in [3.63, 3.8) is 0 Å². The van der Waals surface area contributed by atoms with Gasteiger partial charge in [-0.1, -0.05) is 49.7 Å². The number of thiazole rings is 2. The molecule has 142 valence electrons. The minimum atomic E-state index is 0.990. The van der Waals surface area contributed by atoms with Gasteiger partial charge in [-0.25, -0.2) is 9.97 Å². The first-order valence-corrected chi connectivity index (χ1v) is 11.5. The van der Waals surface area contributed by atoms with Gasteiger partial charge in [0.25, 0.3) is 0 Å². The first-order valence-electron chi connectivity index (χ1n) is 9.72. The second-order valence-electron chi connectivity index (χ2n) is 7.18. The van der Waals surface area contributed by atoms with Crippen LogP contribution >= 0.6 is 22.7 Å². The van der Waals surface area contributed by atoms with Crippen molar-refractivity contribution in [3.05, 3.63) is 69.9 Å². The highest BCUT2D eigenvalue weighted by Gasteiger charge is 2.12. The van der Waals surface area contributed by atoms with Crippen LogP contribution in [0.15, 0.2) is 53.2 Å². The van der Waals surface area contributed by atoms with Crippen LogP contribution in [0.2, 0.25) is 0 Å². The van der Waals surface area contributed by atoms with Crippen molar-refractivity contribution in [2.24, 2.45) is 0 Å². The van der Waals surface area contributed by atoms with Crippen molar-refractivity contribution in [2.75, 3.05) is 0 Å². The molecule has 2 heterocycles. The molecule has 4 rings (SSSR count). The van der Waals surface area contributed by atoms with Gasteiger partial charge in [-0.15, -0.1) is 22.7 Å². The molecule has 2 nitrogen and oxygen atoms in total. The summed E-state index contributed by atoms with van der Waals surface area (Å²) in [6.45, 7) is 6.51. The topological polar surface area (TPSA) is 25.8 Å². The third kappa shape index (κ3) is 4.08. The number of rotatable bonds is 6. The molecule has 4 aromatic rings. The van der Waals surface area contributed by atoms with Crippen LogP contribution in [0.5, 0.6) is 0 Å². The molecule has 2 aromatic heterocycles. The molecule has 28 heavy (non-hydrogen) atoms. The van der Waals surface area contributed by atoms with Crippen LogP contribution in [0.1, 0.15) is 36.5 Å². The average molecular weight is 405 g/mol. The van der Waals surface area contributed by atoms with Crippen molar-refractivity contribution in [1.29, 1.82) is 0 Å². The van der Waals surface area contributed by atoms with Gasteiger partial charge < -0.3 is 0 Å². The summed E-state index contributed by atoms with van der Waals surface area (Å²) in [5.41, 5.74) is 8.42. The molecular weight excluding hydrogens is 380 g/mol. The average Bonchev–Trinajstić information content (AvgIpc) is 3.38. The predicted octanol–water partition coefficient (Wildman–Crippen LogP) is 7.56. The summed E-state index contributed by atoms with van der Waals surface area (Å²) >= 11 is 3.33. The summed E-state index contributed by atoms with van der Waals surface area (Å²) in [7, 11) is 0. The van der Waals surface area contributed by atoms with E-state index in [1.165, 1.54) is 40.7 Å². The maximum Gasteiger partial charge on any atom is 0.152 e. The van der Waals surface area contributed by atoms with Crippen LogP contribution in [0.3, 0.4) is 0 Å². The minimum absolute atomic E-state index is 0.990. The summed E-state index contributed by atoms with van der Waals surface area (Å²) in [6.07, 6.45) is 3.63. The van der Waals surface area contributed by atoms with Crippen molar-refractivity contribution in [3.8, 4) is 32.5 Å². The summed E-state index contributed by atoms with van der Waals surface area (Å²) in [6, 6.07) is 15.3. The van der Waals surface area contributed by atoms with Crippen LogP contribution in [0.25, 0.3) is 32.5 Å². The Kier molecular flexibility index (Phi) is 5.69. The number of hydrogen-bond donors (Lipinski definition) is 0. The number of unbranched alkanes of at least 4 members (excludes halogenated alkanes) is 1. The van der Waals surface area contributed by atoms with Gasteiger partial charge in [-0.05, 0) is 49.4 Å². The molecule has 0 aliphatic carbocycles. The van der Waals surface area contributed by atoms with E-state index in [0.29, 0.717) is 0 Å². The van der Waals surface area contributed by atoms with Crippen LogP contribution in [-0.2, 0) is 6.42 Å². The molecule has 0 amide bonds. The number of aromatic nitrogens is 2. The number of hydrogen-bond acceptors (Lipinski definition) is 4. The Hall–Kier alpha value is -2.30. The Morgan fingerprint density at radius 1 is 0.750 bits per heavy atom. The molecule has 0 aliphatic heterocycles. The van der Waals surface area contributed by atoms with E-state index in [4.69, 9.17) is 9.97 Å². The molecular formula is C24H24N2S2. The van der Waals surface area contributed by atoms with Gasteiger partial charge in [0.05, 0.1) is 11.4 Å². The van der Waals surface area contributed by atoms with E-state index in [2.05, 4.69) is 74.0 Å². The Morgan fingerprint density at radius 3 is 1.96 bits per heavy atom.